The van der Waals surface area contributed by atoms with Gasteiger partial charge in [-0.25, -0.2) is 4.39 Å². The molecule has 0 saturated carbocycles. The summed E-state index contributed by atoms with van der Waals surface area (Å²) in [6, 6.07) is 9.24. The van der Waals surface area contributed by atoms with Gasteiger partial charge in [0.2, 0.25) is 5.91 Å². The molecule has 0 spiro atoms. The Kier molecular flexibility index (Phi) is 5.20. The first-order chi connectivity index (χ1) is 9.65. The maximum Gasteiger partial charge on any atom is 0.230 e. The second-order valence-corrected chi connectivity index (χ2v) is 5.13. The lowest BCUT2D eigenvalue weighted by molar-refractivity contribution is -0.119. The third-order valence-electron chi connectivity index (χ3n) is 2.55. The summed E-state index contributed by atoms with van der Waals surface area (Å²) < 4.78 is 17.7. The van der Waals surface area contributed by atoms with Crippen molar-refractivity contribution in [2.45, 2.75) is 11.0 Å². The number of nitrogens with one attached hydrogen (secondary N) is 1. The smallest absolute Gasteiger partial charge is 0.230 e. The van der Waals surface area contributed by atoms with Gasteiger partial charge in [0.15, 0.2) is 0 Å². The Morgan fingerprint density at radius 1 is 1.35 bits per heavy atom. The summed E-state index contributed by atoms with van der Waals surface area (Å²) in [5, 5.41) is 12.3. The van der Waals surface area contributed by atoms with Gasteiger partial charge in [-0.05, 0) is 36.4 Å². The van der Waals surface area contributed by atoms with Crippen LogP contribution in [0, 0.1) is 5.82 Å². The van der Waals surface area contributed by atoms with E-state index in [0.717, 1.165) is 4.90 Å². The van der Waals surface area contributed by atoms with Crippen LogP contribution in [-0.2, 0) is 4.79 Å². The standard InChI is InChI=1S/C14H14FNO3S/c15-10-3-5-11(6-4-10)20-9-14(18)16-8-12(17)13-2-1-7-19-13/h1-7,12,17H,8-9H2,(H,16,18). The summed E-state index contributed by atoms with van der Waals surface area (Å²) in [7, 11) is 0. The largest absolute Gasteiger partial charge is 0.467 e. The maximum absolute atomic E-state index is 12.7. The molecule has 1 aromatic heterocycles. The zero-order chi connectivity index (χ0) is 14.4. The van der Waals surface area contributed by atoms with Crippen LogP contribution in [0.25, 0.3) is 0 Å². The van der Waals surface area contributed by atoms with Crippen molar-refractivity contribution >= 4 is 17.7 Å². The minimum atomic E-state index is -0.857. The first-order valence-electron chi connectivity index (χ1n) is 6.01. The number of hydrogen-bond donors (Lipinski definition) is 2. The molecule has 106 valence electrons. The Bertz CT molecular complexity index is 542. The van der Waals surface area contributed by atoms with Crippen LogP contribution in [0.2, 0.25) is 0 Å². The Labute approximate surface area is 120 Å². The average Bonchev–Trinajstić information content (AvgIpc) is 2.98. The second kappa shape index (κ2) is 7.12. The van der Waals surface area contributed by atoms with E-state index in [1.54, 1.807) is 24.3 Å². The van der Waals surface area contributed by atoms with E-state index in [1.807, 2.05) is 0 Å². The molecule has 0 radical (unpaired) electrons. The van der Waals surface area contributed by atoms with E-state index in [0.29, 0.717) is 5.76 Å². The lowest BCUT2D eigenvalue weighted by atomic mass is 10.3. The molecule has 1 aromatic carbocycles. The molecule has 1 amide bonds. The van der Waals surface area contributed by atoms with Crippen molar-refractivity contribution in [1.29, 1.82) is 0 Å². The molecule has 2 N–H and O–H groups in total. The molecule has 2 rings (SSSR count). The molecule has 0 saturated heterocycles. The Morgan fingerprint density at radius 3 is 2.75 bits per heavy atom. The number of halogens is 1. The Hall–Kier alpha value is -1.79. The van der Waals surface area contributed by atoms with Crippen LogP contribution in [0.1, 0.15) is 11.9 Å². The second-order valence-electron chi connectivity index (χ2n) is 4.08. The lowest BCUT2D eigenvalue weighted by Gasteiger charge is -2.09. The first kappa shape index (κ1) is 14.6. The SMILES string of the molecule is O=C(CSc1ccc(F)cc1)NCC(O)c1ccco1. The van der Waals surface area contributed by atoms with Gasteiger partial charge in [-0.2, -0.15) is 0 Å². The van der Waals surface area contributed by atoms with E-state index in [-0.39, 0.29) is 24.0 Å². The van der Waals surface area contributed by atoms with Gasteiger partial charge in [0, 0.05) is 4.90 Å². The number of furan rings is 1. The van der Waals surface area contributed by atoms with Crippen LogP contribution in [0.4, 0.5) is 4.39 Å². The number of rotatable bonds is 6. The van der Waals surface area contributed by atoms with Crippen molar-refractivity contribution in [2.75, 3.05) is 12.3 Å². The van der Waals surface area contributed by atoms with Crippen molar-refractivity contribution in [1.82, 2.24) is 5.32 Å². The Morgan fingerprint density at radius 2 is 2.10 bits per heavy atom. The quantitative estimate of drug-likeness (QED) is 0.803. The molecule has 1 heterocycles. The third kappa shape index (κ3) is 4.40. The fourth-order valence-corrected chi connectivity index (χ4v) is 2.25. The predicted molar refractivity (Wildman–Crippen MR) is 73.8 cm³/mol. The number of aliphatic hydroxyl groups is 1. The van der Waals surface area contributed by atoms with Crippen molar-refractivity contribution in [3.63, 3.8) is 0 Å². The highest BCUT2D eigenvalue weighted by atomic mass is 32.2. The monoisotopic (exact) mass is 295 g/mol. The van der Waals surface area contributed by atoms with Gasteiger partial charge in [0.1, 0.15) is 17.7 Å². The number of hydrogen-bond acceptors (Lipinski definition) is 4. The highest BCUT2D eigenvalue weighted by Gasteiger charge is 2.11. The van der Waals surface area contributed by atoms with E-state index < -0.39 is 6.10 Å². The van der Waals surface area contributed by atoms with Crippen molar-refractivity contribution in [2.24, 2.45) is 0 Å². The van der Waals surface area contributed by atoms with Gasteiger partial charge in [-0.1, -0.05) is 0 Å². The van der Waals surface area contributed by atoms with Crippen LogP contribution in [-0.4, -0.2) is 23.3 Å². The fraction of sp³-hybridized carbons (Fsp3) is 0.214. The number of thioether (sulfide) groups is 1. The molecule has 0 fully saturated rings. The number of aliphatic hydroxyl groups excluding tert-OH is 1. The summed E-state index contributed by atoms with van der Waals surface area (Å²) in [6.45, 7) is 0.0936. The van der Waals surface area contributed by atoms with Gasteiger partial charge in [0.25, 0.3) is 0 Å². The van der Waals surface area contributed by atoms with Crippen molar-refractivity contribution in [3.8, 4) is 0 Å². The lowest BCUT2D eigenvalue weighted by Crippen LogP contribution is -2.29. The number of benzene rings is 1. The fourth-order valence-electron chi connectivity index (χ4n) is 1.52. The van der Waals surface area contributed by atoms with Crippen molar-refractivity contribution in [3.05, 3.63) is 54.2 Å². The minimum absolute atomic E-state index is 0.0936. The van der Waals surface area contributed by atoms with Gasteiger partial charge in [0.05, 0.1) is 18.6 Å². The summed E-state index contributed by atoms with van der Waals surface area (Å²) >= 11 is 1.30. The summed E-state index contributed by atoms with van der Waals surface area (Å²) in [5.74, 6) is 0.109. The normalized spacial score (nSPS) is 12.1. The number of carbonyl (C=O) groups excluding carboxylic acids is 1. The van der Waals surface area contributed by atoms with E-state index >= 15 is 0 Å². The van der Waals surface area contributed by atoms with Gasteiger partial charge in [-0.3, -0.25) is 4.79 Å². The number of amides is 1. The van der Waals surface area contributed by atoms with Gasteiger partial charge in [-0.15, -0.1) is 11.8 Å². The van der Waals surface area contributed by atoms with Crippen LogP contribution in [0.3, 0.4) is 0 Å². The van der Waals surface area contributed by atoms with Crippen LogP contribution < -0.4 is 5.32 Å². The van der Waals surface area contributed by atoms with E-state index in [2.05, 4.69) is 5.32 Å². The van der Waals surface area contributed by atoms with E-state index in [9.17, 15) is 14.3 Å². The maximum atomic E-state index is 12.7. The van der Waals surface area contributed by atoms with Crippen LogP contribution in [0.15, 0.2) is 52.0 Å². The Balaban J connectivity index is 1.71. The summed E-state index contributed by atoms with van der Waals surface area (Å²) in [4.78, 5) is 12.4. The highest BCUT2D eigenvalue weighted by Crippen LogP contribution is 2.17. The molecule has 4 nitrogen and oxygen atoms in total. The molecule has 0 bridgehead atoms. The number of carbonyl (C=O) groups is 1. The molecule has 1 atom stereocenters. The van der Waals surface area contributed by atoms with Gasteiger partial charge < -0.3 is 14.8 Å². The molecule has 6 heteroatoms. The predicted octanol–water partition coefficient (Wildman–Crippen LogP) is 2.36. The molecule has 0 aliphatic carbocycles. The van der Waals surface area contributed by atoms with E-state index in [1.165, 1.54) is 30.2 Å². The molecular weight excluding hydrogens is 281 g/mol. The van der Waals surface area contributed by atoms with Crippen LogP contribution >= 0.6 is 11.8 Å². The summed E-state index contributed by atoms with van der Waals surface area (Å²) in [5.41, 5.74) is 0. The molecule has 2 aromatic rings. The molecule has 0 aliphatic rings. The molecular formula is C14H14FNO3S. The minimum Gasteiger partial charge on any atom is -0.467 e. The molecule has 1 unspecified atom stereocenters. The average molecular weight is 295 g/mol. The molecule has 20 heavy (non-hydrogen) atoms. The van der Waals surface area contributed by atoms with E-state index in [4.69, 9.17) is 4.42 Å². The molecule has 0 aliphatic heterocycles. The van der Waals surface area contributed by atoms with Crippen LogP contribution in [0.5, 0.6) is 0 Å². The zero-order valence-electron chi connectivity index (χ0n) is 10.6. The first-order valence-corrected chi connectivity index (χ1v) is 7.00. The zero-order valence-corrected chi connectivity index (χ0v) is 11.4. The van der Waals surface area contributed by atoms with Gasteiger partial charge >= 0.3 is 0 Å². The van der Waals surface area contributed by atoms with Crippen molar-refractivity contribution < 1.29 is 18.7 Å². The summed E-state index contributed by atoms with van der Waals surface area (Å²) in [6.07, 6.45) is 0.606. The highest BCUT2D eigenvalue weighted by molar-refractivity contribution is 8.00. The topological polar surface area (TPSA) is 62.5 Å². The third-order valence-corrected chi connectivity index (χ3v) is 3.56.